The highest BCUT2D eigenvalue weighted by Crippen LogP contribution is 2.34. The van der Waals surface area contributed by atoms with Crippen molar-refractivity contribution in [3.8, 4) is 12.1 Å². The van der Waals surface area contributed by atoms with Crippen molar-refractivity contribution in [2.45, 2.75) is 43.7 Å². The maximum atomic E-state index is 12.8. The van der Waals surface area contributed by atoms with Gasteiger partial charge in [0.25, 0.3) is 5.56 Å². The Kier molecular flexibility index (Phi) is 5.23. The van der Waals surface area contributed by atoms with Crippen LogP contribution in [0.2, 0.25) is 0 Å². The zero-order valence-electron chi connectivity index (χ0n) is 13.5. The Hall–Kier alpha value is -1.83. The van der Waals surface area contributed by atoms with Gasteiger partial charge in [0.05, 0.1) is 23.4 Å². The van der Waals surface area contributed by atoms with Gasteiger partial charge in [-0.25, -0.2) is 4.98 Å². The molecule has 124 valence electrons. The average molecular weight is 358 g/mol. The van der Waals surface area contributed by atoms with E-state index in [-0.39, 0.29) is 11.5 Å². The SMILES string of the molecule is Cn1c(SC[C@@H](C#N)CCC#N)nc2sc3c(c2c1=O)CCCC3. The summed E-state index contributed by atoms with van der Waals surface area (Å²) >= 11 is 3.08. The van der Waals surface area contributed by atoms with Crippen LogP contribution in [0.15, 0.2) is 9.95 Å². The van der Waals surface area contributed by atoms with Crippen molar-refractivity contribution < 1.29 is 0 Å². The molecule has 7 heteroatoms. The molecule has 2 heterocycles. The van der Waals surface area contributed by atoms with Gasteiger partial charge in [0, 0.05) is 24.1 Å². The van der Waals surface area contributed by atoms with Crippen LogP contribution in [0.5, 0.6) is 0 Å². The fraction of sp³-hybridized carbons (Fsp3) is 0.529. The first-order valence-electron chi connectivity index (χ1n) is 8.06. The van der Waals surface area contributed by atoms with Crippen LogP contribution in [0.4, 0.5) is 0 Å². The molecule has 1 atom stereocenters. The molecule has 0 saturated carbocycles. The fourth-order valence-electron chi connectivity index (χ4n) is 3.00. The summed E-state index contributed by atoms with van der Waals surface area (Å²) in [6.45, 7) is 0. The lowest BCUT2D eigenvalue weighted by molar-refractivity contribution is 0.677. The molecule has 2 aromatic rings. The Balaban J connectivity index is 1.90. The molecule has 0 fully saturated rings. The number of fused-ring (bicyclic) bond motifs is 3. The molecular weight excluding hydrogens is 340 g/mol. The van der Waals surface area contributed by atoms with Gasteiger partial charge in [-0.3, -0.25) is 9.36 Å². The van der Waals surface area contributed by atoms with Crippen LogP contribution in [0.1, 0.15) is 36.1 Å². The van der Waals surface area contributed by atoms with E-state index in [2.05, 4.69) is 12.1 Å². The molecule has 3 rings (SSSR count). The summed E-state index contributed by atoms with van der Waals surface area (Å²) in [7, 11) is 1.75. The number of aromatic nitrogens is 2. The first-order chi connectivity index (χ1) is 11.7. The molecule has 24 heavy (non-hydrogen) atoms. The van der Waals surface area contributed by atoms with Crippen molar-refractivity contribution >= 4 is 33.3 Å². The lowest BCUT2D eigenvalue weighted by Crippen LogP contribution is -2.21. The van der Waals surface area contributed by atoms with Gasteiger partial charge in [0.15, 0.2) is 5.16 Å². The molecule has 2 aromatic heterocycles. The quantitative estimate of drug-likeness (QED) is 0.604. The number of thiophene rings is 1. The molecule has 0 aromatic carbocycles. The van der Waals surface area contributed by atoms with E-state index in [1.54, 1.807) is 23.0 Å². The maximum absolute atomic E-state index is 12.8. The van der Waals surface area contributed by atoms with Crippen LogP contribution in [0, 0.1) is 28.6 Å². The first-order valence-corrected chi connectivity index (χ1v) is 9.86. The van der Waals surface area contributed by atoms with Gasteiger partial charge in [0.1, 0.15) is 4.83 Å². The average Bonchev–Trinajstić information content (AvgIpc) is 2.97. The normalized spacial score (nSPS) is 14.8. The Labute approximate surface area is 148 Å². The highest BCUT2D eigenvalue weighted by Gasteiger charge is 2.21. The van der Waals surface area contributed by atoms with Gasteiger partial charge in [-0.1, -0.05) is 11.8 Å². The lowest BCUT2D eigenvalue weighted by Gasteiger charge is -2.11. The second-order valence-corrected chi connectivity index (χ2v) is 8.05. The van der Waals surface area contributed by atoms with Gasteiger partial charge >= 0.3 is 0 Å². The van der Waals surface area contributed by atoms with E-state index in [0.717, 1.165) is 29.5 Å². The Morgan fingerprint density at radius 2 is 2.17 bits per heavy atom. The topological polar surface area (TPSA) is 82.5 Å². The van der Waals surface area contributed by atoms with Crippen LogP contribution in [0.25, 0.3) is 10.2 Å². The van der Waals surface area contributed by atoms with E-state index in [0.29, 0.717) is 23.8 Å². The van der Waals surface area contributed by atoms with E-state index < -0.39 is 0 Å². The Morgan fingerprint density at radius 1 is 1.38 bits per heavy atom. The third kappa shape index (κ3) is 3.19. The second-order valence-electron chi connectivity index (χ2n) is 5.98. The number of nitrogens with zero attached hydrogens (tertiary/aromatic N) is 4. The van der Waals surface area contributed by atoms with Gasteiger partial charge < -0.3 is 0 Å². The van der Waals surface area contributed by atoms with Gasteiger partial charge in [-0.05, 0) is 37.7 Å². The van der Waals surface area contributed by atoms with Crippen LogP contribution in [-0.4, -0.2) is 15.3 Å². The molecule has 0 saturated heterocycles. The second kappa shape index (κ2) is 7.38. The van der Waals surface area contributed by atoms with Crippen molar-refractivity contribution in [1.82, 2.24) is 9.55 Å². The number of hydrogen-bond acceptors (Lipinski definition) is 6. The molecule has 0 bridgehead atoms. The predicted molar refractivity (Wildman–Crippen MR) is 96.2 cm³/mol. The standard InChI is InChI=1S/C17H18N4OS2/c1-21-16(22)14-12-6-2-3-7-13(12)24-15(14)20-17(21)23-10-11(9-19)5-4-8-18/h11H,2-7,10H2,1H3/t11-/m1/s1. The molecular formula is C17H18N4OS2. The number of nitriles is 2. The highest BCUT2D eigenvalue weighted by molar-refractivity contribution is 7.99. The lowest BCUT2D eigenvalue weighted by atomic mass is 9.97. The van der Waals surface area contributed by atoms with E-state index >= 15 is 0 Å². The predicted octanol–water partition coefficient (Wildman–Crippen LogP) is 3.41. The summed E-state index contributed by atoms with van der Waals surface area (Å²) in [5.41, 5.74) is 1.22. The van der Waals surface area contributed by atoms with Crippen molar-refractivity contribution in [3.05, 3.63) is 20.8 Å². The minimum Gasteiger partial charge on any atom is -0.290 e. The Bertz CT molecular complexity index is 900. The Morgan fingerprint density at radius 3 is 2.92 bits per heavy atom. The summed E-state index contributed by atoms with van der Waals surface area (Å²) in [5, 5.41) is 19.3. The van der Waals surface area contributed by atoms with Crippen LogP contribution < -0.4 is 5.56 Å². The molecule has 0 N–H and O–H groups in total. The summed E-state index contributed by atoms with van der Waals surface area (Å²) < 4.78 is 1.60. The zero-order valence-corrected chi connectivity index (χ0v) is 15.2. The van der Waals surface area contributed by atoms with Crippen molar-refractivity contribution in [2.75, 3.05) is 5.75 Å². The summed E-state index contributed by atoms with van der Waals surface area (Å²) in [5.74, 6) is 0.355. The highest BCUT2D eigenvalue weighted by atomic mass is 32.2. The van der Waals surface area contributed by atoms with Crippen LogP contribution in [-0.2, 0) is 19.9 Å². The molecule has 0 unspecified atom stereocenters. The van der Waals surface area contributed by atoms with Gasteiger partial charge in [-0.15, -0.1) is 11.3 Å². The largest absolute Gasteiger partial charge is 0.290 e. The number of rotatable bonds is 5. The molecule has 0 spiro atoms. The van der Waals surface area contributed by atoms with E-state index in [9.17, 15) is 10.1 Å². The van der Waals surface area contributed by atoms with E-state index in [1.165, 1.54) is 28.6 Å². The zero-order chi connectivity index (χ0) is 17.1. The third-order valence-electron chi connectivity index (χ3n) is 4.36. The van der Waals surface area contributed by atoms with Crippen LogP contribution in [0.3, 0.4) is 0 Å². The summed E-state index contributed by atoms with van der Waals surface area (Å²) in [6, 6.07) is 4.31. The molecule has 0 radical (unpaired) electrons. The molecule has 1 aliphatic carbocycles. The first kappa shape index (κ1) is 17.0. The fourth-order valence-corrected chi connectivity index (χ4v) is 5.33. The minimum absolute atomic E-state index is 0.0208. The summed E-state index contributed by atoms with van der Waals surface area (Å²) in [4.78, 5) is 19.6. The van der Waals surface area contributed by atoms with Gasteiger partial charge in [-0.2, -0.15) is 10.5 Å². The molecule has 0 aliphatic heterocycles. The molecule has 1 aliphatic rings. The number of hydrogen-bond donors (Lipinski definition) is 0. The number of aryl methyl sites for hydroxylation is 2. The van der Waals surface area contributed by atoms with Gasteiger partial charge in [0.2, 0.25) is 0 Å². The number of thioether (sulfide) groups is 1. The monoisotopic (exact) mass is 358 g/mol. The molecule has 5 nitrogen and oxygen atoms in total. The van der Waals surface area contributed by atoms with E-state index in [1.807, 2.05) is 0 Å². The summed E-state index contributed by atoms with van der Waals surface area (Å²) in [6.07, 6.45) is 5.28. The van der Waals surface area contributed by atoms with E-state index in [4.69, 9.17) is 10.2 Å². The van der Waals surface area contributed by atoms with Crippen molar-refractivity contribution in [1.29, 1.82) is 10.5 Å². The smallest absolute Gasteiger partial charge is 0.262 e. The minimum atomic E-state index is -0.196. The third-order valence-corrected chi connectivity index (χ3v) is 6.73. The van der Waals surface area contributed by atoms with Crippen molar-refractivity contribution in [2.24, 2.45) is 13.0 Å². The van der Waals surface area contributed by atoms with Crippen LogP contribution >= 0.6 is 23.1 Å². The maximum Gasteiger partial charge on any atom is 0.262 e. The molecule has 0 amide bonds. The van der Waals surface area contributed by atoms with Crippen molar-refractivity contribution in [3.63, 3.8) is 0 Å².